The highest BCUT2D eigenvalue weighted by atomic mass is 16.5. The first-order valence-electron chi connectivity index (χ1n) is 9.56. The molecule has 2 aromatic carbocycles. The molecular weight excluding hydrogens is 352 g/mol. The lowest BCUT2D eigenvalue weighted by atomic mass is 10.1. The van der Waals surface area contributed by atoms with Gasteiger partial charge in [0.1, 0.15) is 11.5 Å². The number of methoxy groups -OCH3 is 2. The Morgan fingerprint density at radius 2 is 1.82 bits per heavy atom. The van der Waals surface area contributed by atoms with Crippen LogP contribution >= 0.6 is 0 Å². The van der Waals surface area contributed by atoms with Crippen LogP contribution in [-0.4, -0.2) is 56.1 Å². The Balaban J connectivity index is 1.54. The van der Waals surface area contributed by atoms with E-state index in [0.717, 1.165) is 44.0 Å². The van der Waals surface area contributed by atoms with Crippen molar-refractivity contribution in [3.05, 3.63) is 65.2 Å². The van der Waals surface area contributed by atoms with Crippen LogP contribution in [0.3, 0.4) is 0 Å². The number of carbonyl (C=O) groups excluding carboxylic acids is 1. The fourth-order valence-electron chi connectivity index (χ4n) is 3.42. The topological polar surface area (TPSA) is 42.0 Å². The van der Waals surface area contributed by atoms with Crippen LogP contribution < -0.4 is 9.47 Å². The minimum absolute atomic E-state index is 0.0353. The zero-order valence-corrected chi connectivity index (χ0v) is 16.9. The maximum Gasteiger partial charge on any atom is 0.246 e. The summed E-state index contributed by atoms with van der Waals surface area (Å²) in [6.07, 6.45) is 3.43. The van der Waals surface area contributed by atoms with Gasteiger partial charge in [-0.15, -0.1) is 0 Å². The molecule has 1 aliphatic rings. The third-order valence-corrected chi connectivity index (χ3v) is 5.02. The number of hydrogen-bond acceptors (Lipinski definition) is 4. The van der Waals surface area contributed by atoms with Gasteiger partial charge in [0.05, 0.1) is 14.2 Å². The number of carbonyl (C=O) groups is 1. The standard InChI is InChI=1S/C23H28N2O3/c1-18-5-4-6-19(15-18)17-24-11-13-25(14-12-24)23(26)10-8-20-7-9-21(27-2)16-22(20)28-3/h4-10,15-16H,11-14,17H2,1-3H3/b10-8+. The highest BCUT2D eigenvalue weighted by Gasteiger charge is 2.19. The molecule has 28 heavy (non-hydrogen) atoms. The van der Waals surface area contributed by atoms with Crippen LogP contribution in [0, 0.1) is 6.92 Å². The maximum absolute atomic E-state index is 12.6. The summed E-state index contributed by atoms with van der Waals surface area (Å²) in [6.45, 7) is 6.31. The zero-order valence-electron chi connectivity index (χ0n) is 16.9. The van der Waals surface area contributed by atoms with E-state index < -0.39 is 0 Å². The highest BCUT2D eigenvalue weighted by Crippen LogP contribution is 2.25. The molecule has 148 valence electrons. The summed E-state index contributed by atoms with van der Waals surface area (Å²) in [4.78, 5) is 16.9. The van der Waals surface area contributed by atoms with Gasteiger partial charge in [-0.05, 0) is 30.7 Å². The Labute approximate surface area is 167 Å². The van der Waals surface area contributed by atoms with E-state index in [1.807, 2.05) is 23.1 Å². The molecule has 0 aromatic heterocycles. The second kappa shape index (κ2) is 9.42. The van der Waals surface area contributed by atoms with E-state index in [1.165, 1.54) is 11.1 Å². The van der Waals surface area contributed by atoms with Gasteiger partial charge in [-0.1, -0.05) is 29.8 Å². The van der Waals surface area contributed by atoms with Crippen LogP contribution in [0.2, 0.25) is 0 Å². The van der Waals surface area contributed by atoms with E-state index in [4.69, 9.17) is 9.47 Å². The summed E-state index contributed by atoms with van der Waals surface area (Å²) in [7, 11) is 3.23. The lowest BCUT2D eigenvalue weighted by Crippen LogP contribution is -2.47. The molecule has 0 spiro atoms. The van der Waals surface area contributed by atoms with Crippen LogP contribution in [-0.2, 0) is 11.3 Å². The number of ether oxygens (including phenoxy) is 2. The van der Waals surface area contributed by atoms with Crippen molar-refractivity contribution in [2.75, 3.05) is 40.4 Å². The van der Waals surface area contributed by atoms with Crippen LogP contribution in [0.5, 0.6) is 11.5 Å². The first-order valence-corrected chi connectivity index (χ1v) is 9.56. The highest BCUT2D eigenvalue weighted by molar-refractivity contribution is 5.92. The molecule has 1 amide bonds. The van der Waals surface area contributed by atoms with Crippen molar-refractivity contribution < 1.29 is 14.3 Å². The third kappa shape index (κ3) is 5.14. The molecule has 1 heterocycles. The van der Waals surface area contributed by atoms with Crippen molar-refractivity contribution in [3.8, 4) is 11.5 Å². The molecule has 0 atom stereocenters. The molecule has 0 N–H and O–H groups in total. The van der Waals surface area contributed by atoms with Gasteiger partial charge in [-0.2, -0.15) is 0 Å². The van der Waals surface area contributed by atoms with Gasteiger partial charge >= 0.3 is 0 Å². The van der Waals surface area contributed by atoms with E-state index in [-0.39, 0.29) is 5.91 Å². The van der Waals surface area contributed by atoms with E-state index >= 15 is 0 Å². The number of nitrogens with zero attached hydrogens (tertiary/aromatic N) is 2. The summed E-state index contributed by atoms with van der Waals surface area (Å²) in [5.41, 5.74) is 3.46. The first-order chi connectivity index (χ1) is 13.6. The molecule has 0 saturated carbocycles. The molecule has 0 bridgehead atoms. The van der Waals surface area contributed by atoms with Crippen LogP contribution in [0.1, 0.15) is 16.7 Å². The molecule has 5 nitrogen and oxygen atoms in total. The molecule has 1 aliphatic heterocycles. The normalized spacial score (nSPS) is 15.0. The van der Waals surface area contributed by atoms with Gasteiger partial charge < -0.3 is 14.4 Å². The Bertz CT molecular complexity index is 839. The number of piperazine rings is 1. The first kappa shape index (κ1) is 20.0. The number of aryl methyl sites for hydroxylation is 1. The fourth-order valence-corrected chi connectivity index (χ4v) is 3.42. The monoisotopic (exact) mass is 380 g/mol. The average molecular weight is 380 g/mol. The molecule has 2 aromatic rings. The number of amides is 1. The van der Waals surface area contributed by atoms with Gasteiger partial charge in [0, 0.05) is 50.4 Å². The summed E-state index contributed by atoms with van der Waals surface area (Å²) < 4.78 is 10.6. The molecule has 5 heteroatoms. The summed E-state index contributed by atoms with van der Waals surface area (Å²) in [6, 6.07) is 14.2. The van der Waals surface area contributed by atoms with E-state index in [0.29, 0.717) is 5.75 Å². The minimum Gasteiger partial charge on any atom is -0.497 e. The summed E-state index contributed by atoms with van der Waals surface area (Å²) in [5.74, 6) is 1.45. The van der Waals surface area contributed by atoms with Gasteiger partial charge in [-0.25, -0.2) is 0 Å². The quantitative estimate of drug-likeness (QED) is 0.721. The van der Waals surface area contributed by atoms with Crippen molar-refractivity contribution >= 4 is 12.0 Å². The van der Waals surface area contributed by atoms with Crippen molar-refractivity contribution in [1.82, 2.24) is 9.80 Å². The molecule has 3 rings (SSSR count). The van der Waals surface area contributed by atoms with Gasteiger partial charge in [-0.3, -0.25) is 9.69 Å². The van der Waals surface area contributed by atoms with Crippen LogP contribution in [0.15, 0.2) is 48.5 Å². The van der Waals surface area contributed by atoms with Crippen LogP contribution in [0.4, 0.5) is 0 Å². The Morgan fingerprint density at radius 1 is 1.04 bits per heavy atom. The smallest absolute Gasteiger partial charge is 0.246 e. The number of hydrogen-bond donors (Lipinski definition) is 0. The number of rotatable bonds is 6. The SMILES string of the molecule is COc1ccc(/C=C/C(=O)N2CCN(Cc3cccc(C)c3)CC2)c(OC)c1. The predicted molar refractivity (Wildman–Crippen MR) is 112 cm³/mol. The molecule has 1 saturated heterocycles. The third-order valence-electron chi connectivity index (χ3n) is 5.02. The summed E-state index contributed by atoms with van der Waals surface area (Å²) >= 11 is 0. The average Bonchev–Trinajstić information content (AvgIpc) is 2.72. The Hall–Kier alpha value is -2.79. The van der Waals surface area contributed by atoms with Crippen molar-refractivity contribution in [3.63, 3.8) is 0 Å². The van der Waals surface area contributed by atoms with Gasteiger partial charge in [0.15, 0.2) is 0 Å². The maximum atomic E-state index is 12.6. The molecule has 1 fully saturated rings. The van der Waals surface area contributed by atoms with Crippen LogP contribution in [0.25, 0.3) is 6.08 Å². The fraction of sp³-hybridized carbons (Fsp3) is 0.348. The van der Waals surface area contributed by atoms with Crippen molar-refractivity contribution in [1.29, 1.82) is 0 Å². The summed E-state index contributed by atoms with van der Waals surface area (Å²) in [5, 5.41) is 0. The molecule has 0 radical (unpaired) electrons. The zero-order chi connectivity index (χ0) is 19.9. The minimum atomic E-state index is 0.0353. The Kier molecular flexibility index (Phi) is 6.71. The second-order valence-corrected chi connectivity index (χ2v) is 7.03. The van der Waals surface area contributed by atoms with E-state index in [9.17, 15) is 4.79 Å². The molecule has 0 aliphatic carbocycles. The number of benzene rings is 2. The van der Waals surface area contributed by atoms with E-state index in [2.05, 4.69) is 36.1 Å². The van der Waals surface area contributed by atoms with Gasteiger partial charge in [0.25, 0.3) is 0 Å². The van der Waals surface area contributed by atoms with Crippen molar-refractivity contribution in [2.45, 2.75) is 13.5 Å². The lowest BCUT2D eigenvalue weighted by molar-refractivity contribution is -0.127. The molecule has 0 unspecified atom stereocenters. The van der Waals surface area contributed by atoms with Gasteiger partial charge in [0.2, 0.25) is 5.91 Å². The molecular formula is C23H28N2O3. The second-order valence-electron chi connectivity index (χ2n) is 7.03. The Morgan fingerprint density at radius 3 is 2.50 bits per heavy atom. The van der Waals surface area contributed by atoms with Crippen molar-refractivity contribution in [2.24, 2.45) is 0 Å². The lowest BCUT2D eigenvalue weighted by Gasteiger charge is -2.34. The largest absolute Gasteiger partial charge is 0.497 e. The van der Waals surface area contributed by atoms with E-state index in [1.54, 1.807) is 26.4 Å². The predicted octanol–water partition coefficient (Wildman–Crippen LogP) is 3.37.